The number of anilines is 1. The highest BCUT2D eigenvalue weighted by Gasteiger charge is 2.25. The first-order valence-corrected chi connectivity index (χ1v) is 13.5. The van der Waals surface area contributed by atoms with Crippen molar-refractivity contribution in [3.05, 3.63) is 89.4 Å². The van der Waals surface area contributed by atoms with Gasteiger partial charge in [0.15, 0.2) is 11.6 Å². The molecule has 1 aliphatic carbocycles. The van der Waals surface area contributed by atoms with Gasteiger partial charge in [-0.05, 0) is 24.0 Å². The standard InChI is InChI=1S/C22H19F4NO2.C4H10.C3H6.C3H8/c1-4-5-27-10-16(13(3)28)12(2)15-8-22(20(26)9-21(15)27)29-11-17-18(24)6-14(23)7-19(17)25;1-4(2)3;1-2-3-1;1-3-2/h6-10,28H,2-5,11H2,1H3;4H,1-3H3;1-3H2;3H2,1-2H3. The van der Waals surface area contributed by atoms with E-state index in [1.807, 2.05) is 6.92 Å². The molecule has 0 aromatic heterocycles. The molecule has 0 bridgehead atoms. The fourth-order valence-corrected chi connectivity index (χ4v) is 3.12. The molecule has 1 fully saturated rings. The summed E-state index contributed by atoms with van der Waals surface area (Å²) in [5.41, 5.74) is 1.29. The van der Waals surface area contributed by atoms with Gasteiger partial charge in [-0.1, -0.05) is 80.4 Å². The molecule has 216 valence electrons. The minimum atomic E-state index is -1.12. The smallest absolute Gasteiger partial charge is 0.167 e. The lowest BCUT2D eigenvalue weighted by molar-refractivity contribution is 0.277. The van der Waals surface area contributed by atoms with Gasteiger partial charge >= 0.3 is 0 Å². The monoisotopic (exact) mass is 549 g/mol. The Labute approximate surface area is 231 Å². The Hall–Kier alpha value is -3.22. The highest BCUT2D eigenvalue weighted by Crippen LogP contribution is 2.41. The van der Waals surface area contributed by atoms with Crippen molar-refractivity contribution in [2.24, 2.45) is 5.92 Å². The molecule has 0 unspecified atom stereocenters. The van der Waals surface area contributed by atoms with E-state index < -0.39 is 35.4 Å². The van der Waals surface area contributed by atoms with Crippen molar-refractivity contribution in [2.75, 3.05) is 11.4 Å². The number of benzene rings is 2. The fraction of sp³-hybridized carbons (Fsp3) is 0.438. The maximum Gasteiger partial charge on any atom is 0.167 e. The average molecular weight is 550 g/mol. The third-order valence-electron chi connectivity index (χ3n) is 4.90. The lowest BCUT2D eigenvalue weighted by Gasteiger charge is -2.30. The number of nitrogens with zero attached hydrogens (tertiary/aromatic N) is 1. The van der Waals surface area contributed by atoms with Crippen molar-refractivity contribution >= 4 is 11.3 Å². The summed E-state index contributed by atoms with van der Waals surface area (Å²) in [7, 11) is 0. The van der Waals surface area contributed by atoms with Gasteiger partial charge in [-0.2, -0.15) is 0 Å². The predicted octanol–water partition coefficient (Wildman–Crippen LogP) is 10.3. The van der Waals surface area contributed by atoms with Gasteiger partial charge < -0.3 is 14.7 Å². The number of aliphatic hydroxyl groups excluding tert-OH is 1. The molecule has 3 nitrogen and oxygen atoms in total. The van der Waals surface area contributed by atoms with Gasteiger partial charge in [0.1, 0.15) is 29.8 Å². The van der Waals surface area contributed by atoms with Crippen molar-refractivity contribution < 1.29 is 27.4 Å². The van der Waals surface area contributed by atoms with E-state index in [0.717, 1.165) is 12.3 Å². The van der Waals surface area contributed by atoms with E-state index in [1.54, 1.807) is 11.1 Å². The fourth-order valence-electron chi connectivity index (χ4n) is 3.12. The van der Waals surface area contributed by atoms with Crippen LogP contribution in [0.3, 0.4) is 0 Å². The topological polar surface area (TPSA) is 32.7 Å². The predicted molar refractivity (Wildman–Crippen MR) is 154 cm³/mol. The third-order valence-corrected chi connectivity index (χ3v) is 4.90. The first-order valence-electron chi connectivity index (χ1n) is 13.5. The Bertz CT molecular complexity index is 1110. The summed E-state index contributed by atoms with van der Waals surface area (Å²) in [5, 5.41) is 9.85. The normalized spacial score (nSPS) is 13.1. The molecule has 2 aromatic rings. The van der Waals surface area contributed by atoms with Gasteiger partial charge in [0.25, 0.3) is 0 Å². The van der Waals surface area contributed by atoms with E-state index in [9.17, 15) is 22.7 Å². The van der Waals surface area contributed by atoms with E-state index in [4.69, 9.17) is 4.74 Å². The van der Waals surface area contributed by atoms with Gasteiger partial charge in [-0.3, -0.25) is 0 Å². The van der Waals surface area contributed by atoms with E-state index in [2.05, 4.69) is 47.8 Å². The molecule has 4 rings (SSSR count). The molecule has 0 amide bonds. The summed E-state index contributed by atoms with van der Waals surface area (Å²) in [5.74, 6) is -3.65. The summed E-state index contributed by atoms with van der Waals surface area (Å²) < 4.78 is 60.6. The maximum atomic E-state index is 14.6. The minimum absolute atomic E-state index is 0.191. The molecule has 0 atom stereocenters. The zero-order valence-corrected chi connectivity index (χ0v) is 24.1. The van der Waals surface area contributed by atoms with Crippen LogP contribution in [0.4, 0.5) is 23.2 Å². The van der Waals surface area contributed by atoms with Crippen LogP contribution in [0.1, 0.15) is 84.8 Å². The van der Waals surface area contributed by atoms with Crippen LogP contribution in [0.25, 0.3) is 5.57 Å². The molecular weight excluding hydrogens is 506 g/mol. The summed E-state index contributed by atoms with van der Waals surface area (Å²) in [6, 6.07) is 3.64. The van der Waals surface area contributed by atoms with Crippen LogP contribution < -0.4 is 9.64 Å². The van der Waals surface area contributed by atoms with Gasteiger partial charge in [0, 0.05) is 42.1 Å². The number of hydrogen-bond donors (Lipinski definition) is 1. The lowest BCUT2D eigenvalue weighted by Crippen LogP contribution is -2.23. The number of hydrogen-bond acceptors (Lipinski definition) is 3. The van der Waals surface area contributed by atoms with Crippen molar-refractivity contribution in [1.29, 1.82) is 0 Å². The zero-order valence-electron chi connectivity index (χ0n) is 24.1. The van der Waals surface area contributed by atoms with Crippen LogP contribution in [0, 0.1) is 29.2 Å². The molecule has 0 saturated heterocycles. The second kappa shape index (κ2) is 16.7. The quantitative estimate of drug-likeness (QED) is 0.287. The first kappa shape index (κ1) is 33.8. The van der Waals surface area contributed by atoms with Gasteiger partial charge in [0.05, 0.1) is 11.3 Å². The number of rotatable bonds is 6. The van der Waals surface area contributed by atoms with E-state index in [-0.39, 0.29) is 11.5 Å². The van der Waals surface area contributed by atoms with Crippen molar-refractivity contribution in [3.8, 4) is 5.75 Å². The molecule has 39 heavy (non-hydrogen) atoms. The number of fused-ring (bicyclic) bond motifs is 1. The molecule has 2 aromatic carbocycles. The number of halogens is 4. The van der Waals surface area contributed by atoms with E-state index in [0.29, 0.717) is 41.1 Å². The summed E-state index contributed by atoms with van der Waals surface area (Å²) in [4.78, 5) is 1.76. The van der Waals surface area contributed by atoms with Crippen LogP contribution in [-0.4, -0.2) is 11.7 Å². The Morgan fingerprint density at radius 3 is 1.90 bits per heavy atom. The third kappa shape index (κ3) is 11.2. The van der Waals surface area contributed by atoms with Gasteiger partial charge in [0.2, 0.25) is 0 Å². The van der Waals surface area contributed by atoms with Gasteiger partial charge in [-0.25, -0.2) is 17.6 Å². The lowest BCUT2D eigenvalue weighted by atomic mass is 9.93. The Balaban J connectivity index is 0.000000648. The second-order valence-electron chi connectivity index (χ2n) is 10.1. The largest absolute Gasteiger partial charge is 0.508 e. The molecule has 1 N–H and O–H groups in total. The summed E-state index contributed by atoms with van der Waals surface area (Å²) in [6.45, 7) is 20.1. The molecule has 1 saturated carbocycles. The zero-order chi connectivity index (χ0) is 29.7. The van der Waals surface area contributed by atoms with Crippen molar-refractivity contribution in [1.82, 2.24) is 0 Å². The second-order valence-corrected chi connectivity index (χ2v) is 10.1. The number of allylic oxidation sites excluding steroid dienone is 1. The van der Waals surface area contributed by atoms with E-state index >= 15 is 0 Å². The van der Waals surface area contributed by atoms with Crippen LogP contribution in [-0.2, 0) is 6.61 Å². The molecular formula is C32H43F4NO2. The van der Waals surface area contributed by atoms with Crippen molar-refractivity contribution in [2.45, 2.75) is 80.3 Å². The minimum Gasteiger partial charge on any atom is -0.508 e. The van der Waals surface area contributed by atoms with Crippen LogP contribution >= 0.6 is 0 Å². The number of aliphatic hydroxyl groups is 1. The average Bonchev–Trinajstić information content (AvgIpc) is 3.70. The highest BCUT2D eigenvalue weighted by atomic mass is 19.1. The van der Waals surface area contributed by atoms with E-state index in [1.165, 1.54) is 37.8 Å². The molecule has 7 heteroatoms. The molecule has 1 aliphatic heterocycles. The van der Waals surface area contributed by atoms with Crippen LogP contribution in [0.15, 0.2) is 55.0 Å². The Morgan fingerprint density at radius 2 is 1.46 bits per heavy atom. The van der Waals surface area contributed by atoms with Gasteiger partial charge in [-0.15, -0.1) is 0 Å². The number of ether oxygens (including phenoxy) is 1. The molecule has 1 heterocycles. The first-order chi connectivity index (χ1) is 18.4. The SMILES string of the molecule is C1CC1.C=C(O)C1=CN(CCC)c2cc(F)c(OCc3c(F)cc(F)cc3F)cc2C1=C.CC(C)C.CCC. The van der Waals surface area contributed by atoms with Crippen molar-refractivity contribution in [3.63, 3.8) is 0 Å². The molecule has 2 aliphatic rings. The Morgan fingerprint density at radius 1 is 0.949 bits per heavy atom. The Kier molecular flexibility index (Phi) is 14.5. The summed E-state index contributed by atoms with van der Waals surface area (Å²) in [6.07, 6.45) is 8.15. The van der Waals surface area contributed by atoms with Crippen LogP contribution in [0.5, 0.6) is 5.75 Å². The molecule has 0 spiro atoms. The summed E-state index contributed by atoms with van der Waals surface area (Å²) >= 11 is 0. The van der Waals surface area contributed by atoms with Crippen LogP contribution in [0.2, 0.25) is 0 Å². The highest BCUT2D eigenvalue weighted by molar-refractivity contribution is 5.91. The molecule has 0 radical (unpaired) electrons. The maximum absolute atomic E-state index is 14.6.